The van der Waals surface area contributed by atoms with Crippen molar-refractivity contribution in [3.63, 3.8) is 0 Å². The van der Waals surface area contributed by atoms with E-state index in [9.17, 15) is 9.00 Å². The molecule has 1 atom stereocenters. The Labute approximate surface area is 232 Å². The van der Waals surface area contributed by atoms with Gasteiger partial charge in [-0.15, -0.1) is 6.58 Å². The number of allylic oxidation sites excluding steroid dienone is 1. The van der Waals surface area contributed by atoms with Gasteiger partial charge in [-0.05, 0) is 36.4 Å². The van der Waals surface area contributed by atoms with Crippen molar-refractivity contribution in [3.05, 3.63) is 71.7 Å². The lowest BCUT2D eigenvalue weighted by Gasteiger charge is -2.35. The number of ether oxygens (including phenoxy) is 1. The van der Waals surface area contributed by atoms with Crippen molar-refractivity contribution in [1.29, 1.82) is 0 Å². The smallest absolute Gasteiger partial charge is 0.278 e. The van der Waals surface area contributed by atoms with Crippen LogP contribution in [0.3, 0.4) is 0 Å². The summed E-state index contributed by atoms with van der Waals surface area (Å²) in [5, 5.41) is 7.05. The summed E-state index contributed by atoms with van der Waals surface area (Å²) in [7, 11) is -0.703. The Morgan fingerprint density at radius 2 is 2.02 bits per heavy atom. The van der Waals surface area contributed by atoms with E-state index in [1.807, 2.05) is 12.1 Å². The first-order valence-electron chi connectivity index (χ1n) is 12.8. The predicted molar refractivity (Wildman–Crippen MR) is 159 cm³/mol. The molecule has 1 saturated heterocycles. The van der Waals surface area contributed by atoms with Crippen molar-refractivity contribution in [2.24, 2.45) is 4.36 Å². The summed E-state index contributed by atoms with van der Waals surface area (Å²) in [6.07, 6.45) is 6.21. The second-order valence-electron chi connectivity index (χ2n) is 9.77. The number of benzene rings is 1. The number of hydrogen-bond donors (Lipinski definition) is 2. The molecule has 0 unspecified atom stereocenters. The fourth-order valence-electron chi connectivity index (χ4n) is 4.67. The van der Waals surface area contributed by atoms with Crippen molar-refractivity contribution in [2.75, 3.05) is 56.1 Å². The monoisotopic (exact) mass is 563 g/mol. The van der Waals surface area contributed by atoms with Crippen LogP contribution in [-0.2, 0) is 21.0 Å². The number of rotatable bonds is 9. The van der Waals surface area contributed by atoms with E-state index >= 15 is 0 Å². The molecular formula is C27H33N9O3S. The standard InChI is InChI=1S/C27H33N9O3S/c1-5-14-35-26(37)22-16-29-27(32-25(22)36(35)24-8-6-7-23(31-24)33-40(3,4)38)30-19-9-11-21(12-10-19)34-15-13-28-20(17-34)18-39-2/h5-12,16,20,28H,1,13-15,17-18H2,2-4H3,(H,29,30,32)/t20-/m0/s1. The molecule has 1 aliphatic rings. The second kappa shape index (κ2) is 11.6. The van der Waals surface area contributed by atoms with Crippen LogP contribution >= 0.6 is 0 Å². The van der Waals surface area contributed by atoms with Crippen molar-refractivity contribution in [2.45, 2.75) is 12.6 Å². The van der Waals surface area contributed by atoms with Crippen molar-refractivity contribution in [3.8, 4) is 5.82 Å². The highest BCUT2D eigenvalue weighted by atomic mass is 32.2. The van der Waals surface area contributed by atoms with Gasteiger partial charge in [-0.25, -0.2) is 23.5 Å². The summed E-state index contributed by atoms with van der Waals surface area (Å²) < 4.78 is 24.8. The lowest BCUT2D eigenvalue weighted by atomic mass is 10.2. The molecule has 0 amide bonds. The molecular weight excluding hydrogens is 530 g/mol. The molecule has 4 aromatic rings. The van der Waals surface area contributed by atoms with Gasteiger partial charge in [-0.3, -0.25) is 4.79 Å². The van der Waals surface area contributed by atoms with Gasteiger partial charge in [-0.1, -0.05) is 12.1 Å². The number of aromatic nitrogens is 5. The fourth-order valence-corrected chi connectivity index (χ4v) is 5.22. The number of hydrogen-bond acceptors (Lipinski definition) is 10. The zero-order valence-electron chi connectivity index (χ0n) is 22.8. The van der Waals surface area contributed by atoms with E-state index < -0.39 is 9.73 Å². The second-order valence-corrected chi connectivity index (χ2v) is 12.3. The Morgan fingerprint density at radius 1 is 1.23 bits per heavy atom. The number of nitrogens with one attached hydrogen (secondary N) is 2. The van der Waals surface area contributed by atoms with Crippen LogP contribution in [0.15, 0.2) is 70.5 Å². The van der Waals surface area contributed by atoms with E-state index in [1.165, 1.54) is 10.9 Å². The van der Waals surface area contributed by atoms with Crippen molar-refractivity contribution >= 4 is 43.9 Å². The fraction of sp³-hybridized carbons (Fsp3) is 0.333. The molecule has 3 aromatic heterocycles. The van der Waals surface area contributed by atoms with Crippen molar-refractivity contribution < 1.29 is 8.95 Å². The zero-order chi connectivity index (χ0) is 28.3. The molecule has 13 heteroatoms. The highest BCUT2D eigenvalue weighted by molar-refractivity contribution is 7.92. The molecule has 4 heterocycles. The molecule has 1 fully saturated rings. The zero-order valence-corrected chi connectivity index (χ0v) is 23.6. The van der Waals surface area contributed by atoms with Crippen molar-refractivity contribution in [1.82, 2.24) is 29.6 Å². The molecule has 5 rings (SSSR count). The lowest BCUT2D eigenvalue weighted by Crippen LogP contribution is -2.52. The molecule has 1 aromatic carbocycles. The van der Waals surface area contributed by atoms with Gasteiger partial charge in [0.05, 0.1) is 13.2 Å². The average molecular weight is 564 g/mol. The van der Waals surface area contributed by atoms with Gasteiger partial charge in [0, 0.05) is 72.6 Å². The normalized spacial score (nSPS) is 15.8. The van der Waals surface area contributed by atoms with Crippen LogP contribution in [-0.4, -0.2) is 80.4 Å². The summed E-state index contributed by atoms with van der Waals surface area (Å²) in [6.45, 7) is 7.38. The van der Waals surface area contributed by atoms with E-state index in [-0.39, 0.29) is 12.1 Å². The molecule has 12 nitrogen and oxygen atoms in total. The number of piperazine rings is 1. The Balaban J connectivity index is 1.47. The van der Waals surface area contributed by atoms with Crippen LogP contribution in [0.1, 0.15) is 0 Å². The number of fused-ring (bicyclic) bond motifs is 1. The maximum absolute atomic E-state index is 13.2. The molecule has 210 valence electrons. The largest absolute Gasteiger partial charge is 0.383 e. The third-order valence-corrected chi connectivity index (χ3v) is 6.97. The number of pyridine rings is 1. The highest BCUT2D eigenvalue weighted by Gasteiger charge is 2.20. The van der Waals surface area contributed by atoms with E-state index in [0.29, 0.717) is 41.3 Å². The van der Waals surface area contributed by atoms with Gasteiger partial charge >= 0.3 is 0 Å². The molecule has 1 aliphatic heterocycles. The van der Waals surface area contributed by atoms with Gasteiger partial charge in [0.15, 0.2) is 17.3 Å². The minimum Gasteiger partial charge on any atom is -0.383 e. The average Bonchev–Trinajstić information content (AvgIpc) is 3.19. The number of nitrogens with zero attached hydrogens (tertiary/aromatic N) is 7. The van der Waals surface area contributed by atoms with E-state index in [4.69, 9.17) is 4.74 Å². The topological polar surface area (TPSA) is 132 Å². The van der Waals surface area contributed by atoms with Crippen LogP contribution in [0.5, 0.6) is 0 Å². The first-order valence-corrected chi connectivity index (χ1v) is 15.2. The Morgan fingerprint density at radius 3 is 2.75 bits per heavy atom. The third kappa shape index (κ3) is 6.06. The van der Waals surface area contributed by atoms with Crippen LogP contribution in [0.4, 0.5) is 23.1 Å². The summed E-state index contributed by atoms with van der Waals surface area (Å²) >= 11 is 0. The molecule has 0 saturated carbocycles. The summed E-state index contributed by atoms with van der Waals surface area (Å²) in [5.74, 6) is 1.05. The van der Waals surface area contributed by atoms with Crippen LogP contribution < -0.4 is 21.1 Å². The Hall–Kier alpha value is -4.07. The van der Waals surface area contributed by atoms with Gasteiger partial charge < -0.3 is 20.3 Å². The van der Waals surface area contributed by atoms with Crippen LogP contribution in [0.25, 0.3) is 16.9 Å². The maximum Gasteiger partial charge on any atom is 0.278 e. The van der Waals surface area contributed by atoms with Gasteiger partial charge in [-0.2, -0.15) is 9.35 Å². The molecule has 40 heavy (non-hydrogen) atoms. The van der Waals surface area contributed by atoms with Crippen LogP contribution in [0, 0.1) is 0 Å². The van der Waals surface area contributed by atoms with Gasteiger partial charge in [0.2, 0.25) is 5.95 Å². The summed E-state index contributed by atoms with van der Waals surface area (Å²) in [4.78, 5) is 29.2. The summed E-state index contributed by atoms with van der Waals surface area (Å²) in [6, 6.07) is 13.5. The molecule has 0 spiro atoms. The lowest BCUT2D eigenvalue weighted by molar-refractivity contribution is 0.163. The quantitative estimate of drug-likeness (QED) is 0.295. The Bertz CT molecular complexity index is 1690. The molecule has 0 bridgehead atoms. The predicted octanol–water partition coefficient (Wildman–Crippen LogP) is 2.69. The van der Waals surface area contributed by atoms with E-state index in [2.05, 4.69) is 53.6 Å². The molecule has 0 radical (unpaired) electrons. The first kappa shape index (κ1) is 27.5. The number of anilines is 3. The highest BCUT2D eigenvalue weighted by Crippen LogP contribution is 2.23. The summed E-state index contributed by atoms with van der Waals surface area (Å²) in [5.41, 5.74) is 2.04. The van der Waals surface area contributed by atoms with E-state index in [1.54, 1.807) is 48.6 Å². The Kier molecular flexibility index (Phi) is 7.96. The minimum atomic E-state index is -2.42. The minimum absolute atomic E-state index is 0.234. The van der Waals surface area contributed by atoms with E-state index in [0.717, 1.165) is 31.0 Å². The maximum atomic E-state index is 13.2. The SMILES string of the molecule is C=CCn1c(=O)c2cnc(Nc3ccc(N4CCN[C@H](COC)C4)cc3)nc2n1-c1cccc(N=S(C)(C)=O)n1. The van der Waals surface area contributed by atoms with Gasteiger partial charge in [0.1, 0.15) is 5.39 Å². The van der Waals surface area contributed by atoms with Gasteiger partial charge in [0.25, 0.3) is 5.56 Å². The molecule has 0 aliphatic carbocycles. The number of methoxy groups -OCH3 is 1. The third-order valence-electron chi connectivity index (χ3n) is 6.34. The molecule has 2 N–H and O–H groups in total. The first-order chi connectivity index (χ1) is 19.3. The van der Waals surface area contributed by atoms with Crippen LogP contribution in [0.2, 0.25) is 0 Å².